The van der Waals surface area contributed by atoms with Crippen LogP contribution < -0.4 is 0 Å². The van der Waals surface area contributed by atoms with Crippen molar-refractivity contribution in [3.63, 3.8) is 0 Å². The van der Waals surface area contributed by atoms with Crippen molar-refractivity contribution >= 4 is 0 Å². The Labute approximate surface area is 68.2 Å². The van der Waals surface area contributed by atoms with Crippen LogP contribution in [-0.4, -0.2) is 23.4 Å². The van der Waals surface area contributed by atoms with Crippen LogP contribution in [0, 0.1) is 11.8 Å². The molecule has 1 rings (SSSR count). The molecule has 2 N–H and O–H groups in total. The van der Waals surface area contributed by atoms with Crippen LogP contribution in [0.5, 0.6) is 0 Å². The zero-order valence-corrected chi connectivity index (χ0v) is 7.00. The Balaban J connectivity index is 2.21. The fraction of sp³-hybridized carbons (Fsp3) is 1.00. The Kier molecular flexibility index (Phi) is 3.87. The van der Waals surface area contributed by atoms with Gasteiger partial charge in [-0.1, -0.05) is 12.8 Å². The lowest BCUT2D eigenvalue weighted by Gasteiger charge is -2.27. The summed E-state index contributed by atoms with van der Waals surface area (Å²) in [5.41, 5.74) is 0. The van der Waals surface area contributed by atoms with E-state index in [4.69, 9.17) is 10.2 Å². The van der Waals surface area contributed by atoms with Crippen LogP contribution in [-0.2, 0) is 0 Å². The van der Waals surface area contributed by atoms with Gasteiger partial charge in [-0.25, -0.2) is 0 Å². The van der Waals surface area contributed by atoms with E-state index in [1.54, 1.807) is 0 Å². The molecule has 1 aliphatic rings. The summed E-state index contributed by atoms with van der Waals surface area (Å²) in [4.78, 5) is 0. The van der Waals surface area contributed by atoms with Gasteiger partial charge < -0.3 is 10.2 Å². The van der Waals surface area contributed by atoms with Gasteiger partial charge in [0.25, 0.3) is 0 Å². The lowest BCUT2D eigenvalue weighted by atomic mass is 9.80. The summed E-state index contributed by atoms with van der Waals surface area (Å²) in [5, 5.41) is 17.6. The van der Waals surface area contributed by atoms with Crippen molar-refractivity contribution in [3.05, 3.63) is 0 Å². The summed E-state index contributed by atoms with van der Waals surface area (Å²) in [6.07, 6.45) is 5.71. The summed E-state index contributed by atoms with van der Waals surface area (Å²) in [7, 11) is 0. The van der Waals surface area contributed by atoms with Crippen molar-refractivity contribution in [1.29, 1.82) is 0 Å². The first kappa shape index (κ1) is 9.01. The molecule has 0 aromatic carbocycles. The number of hydrogen-bond acceptors (Lipinski definition) is 2. The van der Waals surface area contributed by atoms with Gasteiger partial charge in [0.15, 0.2) is 0 Å². The molecule has 66 valence electrons. The van der Waals surface area contributed by atoms with Gasteiger partial charge in [0.1, 0.15) is 0 Å². The highest BCUT2D eigenvalue weighted by Crippen LogP contribution is 2.30. The molecule has 0 bridgehead atoms. The van der Waals surface area contributed by atoms with Crippen LogP contribution in [0.2, 0.25) is 0 Å². The number of hydrogen-bond donors (Lipinski definition) is 2. The van der Waals surface area contributed by atoms with E-state index in [0.29, 0.717) is 25.0 Å². The highest BCUT2D eigenvalue weighted by Gasteiger charge is 2.20. The van der Waals surface area contributed by atoms with Gasteiger partial charge >= 0.3 is 0 Å². The first-order valence-electron chi connectivity index (χ1n) is 4.58. The van der Waals surface area contributed by atoms with Gasteiger partial charge in [-0.3, -0.25) is 0 Å². The van der Waals surface area contributed by atoms with Gasteiger partial charge in [0, 0.05) is 13.2 Å². The number of aliphatic hydroxyl groups excluding tert-OH is 2. The third-order valence-corrected chi connectivity index (χ3v) is 2.69. The van der Waals surface area contributed by atoms with E-state index in [-0.39, 0.29) is 0 Å². The molecule has 1 aliphatic carbocycles. The molecule has 11 heavy (non-hydrogen) atoms. The van der Waals surface area contributed by atoms with E-state index in [0.717, 1.165) is 12.8 Å². The van der Waals surface area contributed by atoms with Crippen molar-refractivity contribution in [3.8, 4) is 0 Å². The molecule has 2 heteroatoms. The molecule has 0 spiro atoms. The van der Waals surface area contributed by atoms with Crippen LogP contribution in [0.4, 0.5) is 0 Å². The second kappa shape index (κ2) is 4.73. The molecule has 0 aromatic rings. The maximum atomic E-state index is 8.91. The molecule has 1 fully saturated rings. The molecular formula is C9H18O2. The molecule has 2 unspecified atom stereocenters. The van der Waals surface area contributed by atoms with E-state index in [2.05, 4.69) is 0 Å². The van der Waals surface area contributed by atoms with Crippen LogP contribution in [0.25, 0.3) is 0 Å². The zero-order valence-electron chi connectivity index (χ0n) is 7.00. The standard InChI is InChI=1S/C9H18O2/c10-5-4-8-2-1-3-9(6-8)7-11/h8-11H,1-7H2. The summed E-state index contributed by atoms with van der Waals surface area (Å²) in [5.74, 6) is 1.19. The van der Waals surface area contributed by atoms with Crippen LogP contribution in [0.1, 0.15) is 32.1 Å². The average Bonchev–Trinajstić information content (AvgIpc) is 2.06. The minimum atomic E-state index is 0.308. The lowest BCUT2D eigenvalue weighted by molar-refractivity contribution is 0.143. The molecule has 2 nitrogen and oxygen atoms in total. The summed E-state index contributed by atoms with van der Waals surface area (Å²) in [6, 6.07) is 0. The Morgan fingerprint density at radius 2 is 1.82 bits per heavy atom. The minimum absolute atomic E-state index is 0.308. The number of aliphatic hydroxyl groups is 2. The molecule has 0 radical (unpaired) electrons. The first-order valence-corrected chi connectivity index (χ1v) is 4.58. The fourth-order valence-corrected chi connectivity index (χ4v) is 2.01. The predicted molar refractivity (Wildman–Crippen MR) is 44.2 cm³/mol. The van der Waals surface area contributed by atoms with Crippen molar-refractivity contribution in [2.45, 2.75) is 32.1 Å². The smallest absolute Gasteiger partial charge is 0.0459 e. The molecule has 1 saturated carbocycles. The van der Waals surface area contributed by atoms with E-state index in [9.17, 15) is 0 Å². The van der Waals surface area contributed by atoms with Crippen LogP contribution in [0.3, 0.4) is 0 Å². The molecule has 0 aromatic heterocycles. The fourth-order valence-electron chi connectivity index (χ4n) is 2.01. The second-order valence-electron chi connectivity index (χ2n) is 3.59. The molecule has 0 aliphatic heterocycles. The Hall–Kier alpha value is -0.0800. The lowest BCUT2D eigenvalue weighted by Crippen LogP contribution is -2.19. The highest BCUT2D eigenvalue weighted by atomic mass is 16.3. The number of rotatable bonds is 3. The monoisotopic (exact) mass is 158 g/mol. The third-order valence-electron chi connectivity index (χ3n) is 2.69. The minimum Gasteiger partial charge on any atom is -0.396 e. The zero-order chi connectivity index (χ0) is 8.10. The molecule has 0 heterocycles. The van der Waals surface area contributed by atoms with Gasteiger partial charge in [0.2, 0.25) is 0 Å². The van der Waals surface area contributed by atoms with Gasteiger partial charge in [0.05, 0.1) is 0 Å². The van der Waals surface area contributed by atoms with E-state index >= 15 is 0 Å². The summed E-state index contributed by atoms with van der Waals surface area (Å²) >= 11 is 0. The van der Waals surface area contributed by atoms with Crippen LogP contribution >= 0.6 is 0 Å². The van der Waals surface area contributed by atoms with Crippen molar-refractivity contribution < 1.29 is 10.2 Å². The molecule has 0 amide bonds. The summed E-state index contributed by atoms with van der Waals surface area (Å²) < 4.78 is 0. The molecule has 2 atom stereocenters. The third kappa shape index (κ3) is 2.80. The SMILES string of the molecule is OCCC1CCCC(CO)C1. The largest absolute Gasteiger partial charge is 0.396 e. The maximum absolute atomic E-state index is 8.91. The van der Waals surface area contributed by atoms with Crippen molar-refractivity contribution in [2.24, 2.45) is 11.8 Å². The molecular weight excluding hydrogens is 140 g/mol. The first-order chi connectivity index (χ1) is 5.36. The second-order valence-corrected chi connectivity index (χ2v) is 3.59. The van der Waals surface area contributed by atoms with Gasteiger partial charge in [-0.2, -0.15) is 0 Å². The average molecular weight is 158 g/mol. The van der Waals surface area contributed by atoms with E-state index in [1.807, 2.05) is 0 Å². The topological polar surface area (TPSA) is 40.5 Å². The van der Waals surface area contributed by atoms with Gasteiger partial charge in [-0.05, 0) is 31.1 Å². The van der Waals surface area contributed by atoms with E-state index in [1.165, 1.54) is 19.3 Å². The maximum Gasteiger partial charge on any atom is 0.0459 e. The predicted octanol–water partition coefficient (Wildman–Crippen LogP) is 1.17. The van der Waals surface area contributed by atoms with E-state index < -0.39 is 0 Å². The Bertz CT molecular complexity index is 102. The normalized spacial score (nSPS) is 32.2. The Morgan fingerprint density at radius 3 is 2.45 bits per heavy atom. The molecule has 0 saturated heterocycles. The Morgan fingerprint density at radius 1 is 1.09 bits per heavy atom. The van der Waals surface area contributed by atoms with Crippen LogP contribution in [0.15, 0.2) is 0 Å². The highest BCUT2D eigenvalue weighted by molar-refractivity contribution is 4.72. The van der Waals surface area contributed by atoms with Gasteiger partial charge in [-0.15, -0.1) is 0 Å². The summed E-state index contributed by atoms with van der Waals surface area (Å²) in [6.45, 7) is 0.644. The van der Waals surface area contributed by atoms with Crippen molar-refractivity contribution in [1.82, 2.24) is 0 Å². The van der Waals surface area contributed by atoms with Crippen molar-refractivity contribution in [2.75, 3.05) is 13.2 Å². The quantitative estimate of drug-likeness (QED) is 0.647.